The second-order valence-electron chi connectivity index (χ2n) is 9.54. The van der Waals surface area contributed by atoms with Crippen molar-refractivity contribution in [1.82, 2.24) is 10.2 Å². The minimum atomic E-state index is -0.371. The highest BCUT2D eigenvalue weighted by Crippen LogP contribution is 2.46. The van der Waals surface area contributed by atoms with Crippen molar-refractivity contribution >= 4 is 28.8 Å². The fourth-order valence-electron chi connectivity index (χ4n) is 5.91. The summed E-state index contributed by atoms with van der Waals surface area (Å²) in [6, 6.07) is 8.13. The molecule has 174 valence electrons. The fourth-order valence-corrected chi connectivity index (χ4v) is 6.85. The van der Waals surface area contributed by atoms with Gasteiger partial charge in [-0.05, 0) is 55.4 Å². The Balaban J connectivity index is 1.44. The van der Waals surface area contributed by atoms with Gasteiger partial charge < -0.3 is 15.0 Å². The molecule has 4 aliphatic rings. The van der Waals surface area contributed by atoms with Crippen molar-refractivity contribution in [2.75, 3.05) is 7.11 Å². The van der Waals surface area contributed by atoms with Crippen LogP contribution < -0.4 is 5.32 Å². The molecule has 2 fully saturated rings. The molecular weight excluding hydrogens is 434 g/mol. The third kappa shape index (κ3) is 4.12. The zero-order chi connectivity index (χ0) is 23.1. The summed E-state index contributed by atoms with van der Waals surface area (Å²) >= 11 is 1.52. The number of carbonyl (C=O) groups is 2. The van der Waals surface area contributed by atoms with E-state index in [2.05, 4.69) is 16.3 Å². The molecule has 1 aromatic rings. The molecule has 0 radical (unpaired) electrons. The fraction of sp³-hybridized carbons (Fsp3) is 0.500. The molecule has 1 N–H and O–H groups in total. The van der Waals surface area contributed by atoms with E-state index in [1.54, 1.807) is 0 Å². The normalized spacial score (nSPS) is 27.9. The maximum atomic E-state index is 13.1. The number of amides is 1. The maximum Gasteiger partial charge on any atom is 0.338 e. The number of rotatable bonds is 6. The van der Waals surface area contributed by atoms with Gasteiger partial charge in [0.25, 0.3) is 0 Å². The largest absolute Gasteiger partial charge is 0.466 e. The summed E-state index contributed by atoms with van der Waals surface area (Å²) in [5.41, 5.74) is 4.29. The van der Waals surface area contributed by atoms with Crippen molar-refractivity contribution in [2.45, 2.75) is 64.5 Å². The number of esters is 1. The number of aryl methyl sites for hydroxylation is 1. The van der Waals surface area contributed by atoms with Gasteiger partial charge in [0.1, 0.15) is 0 Å². The van der Waals surface area contributed by atoms with Crippen LogP contribution in [0.4, 0.5) is 0 Å². The van der Waals surface area contributed by atoms with E-state index < -0.39 is 0 Å². The van der Waals surface area contributed by atoms with Crippen molar-refractivity contribution in [3.8, 4) is 0 Å². The van der Waals surface area contributed by atoms with E-state index in [0.717, 1.165) is 40.0 Å². The first-order valence-electron chi connectivity index (χ1n) is 11.9. The Hall–Kier alpha value is -2.54. The number of methoxy groups -OCH3 is 1. The standard InChI is InChI=1S/C26H31N3O3S/c1-4-20-23(25(31)32-3)24(18-7-5-6-15(2)10-18)29-19(14-33-26(29)28-20)13-22(30)27-21-12-16-8-9-17(21)11-16/h5-7,10,14,16-17,21,24H,4,8-9,11-13H2,1-3H3,(H,27,30). The summed E-state index contributed by atoms with van der Waals surface area (Å²) in [6.07, 6.45) is 5.83. The van der Waals surface area contributed by atoms with E-state index in [0.29, 0.717) is 24.0 Å². The molecule has 0 saturated heterocycles. The van der Waals surface area contributed by atoms with Gasteiger partial charge in [0, 0.05) is 11.7 Å². The molecule has 2 aliphatic heterocycles. The smallest absolute Gasteiger partial charge is 0.338 e. The molecule has 0 aromatic heterocycles. The first-order valence-corrected chi connectivity index (χ1v) is 12.8. The van der Waals surface area contributed by atoms with Crippen molar-refractivity contribution < 1.29 is 14.3 Å². The molecule has 5 rings (SSSR count). The molecule has 6 nitrogen and oxygen atoms in total. The van der Waals surface area contributed by atoms with Crippen LogP contribution in [-0.4, -0.2) is 35.1 Å². The van der Waals surface area contributed by atoms with Gasteiger partial charge in [0.2, 0.25) is 5.91 Å². The average Bonchev–Trinajstić information content (AvgIpc) is 3.53. The summed E-state index contributed by atoms with van der Waals surface area (Å²) in [4.78, 5) is 32.9. The number of hydrogen-bond donors (Lipinski definition) is 1. The Labute approximate surface area is 199 Å². The highest BCUT2D eigenvalue weighted by Gasteiger charge is 2.43. The second-order valence-corrected chi connectivity index (χ2v) is 10.4. The first kappa shape index (κ1) is 22.3. The Morgan fingerprint density at radius 3 is 2.79 bits per heavy atom. The molecule has 2 saturated carbocycles. The predicted octanol–water partition coefficient (Wildman–Crippen LogP) is 4.83. The molecular formula is C26H31N3O3S. The molecule has 2 aliphatic carbocycles. The number of aliphatic imine (C=N–C) groups is 1. The van der Waals surface area contributed by atoms with Crippen LogP contribution in [0.25, 0.3) is 0 Å². The Morgan fingerprint density at radius 2 is 2.12 bits per heavy atom. The van der Waals surface area contributed by atoms with Gasteiger partial charge in [0.15, 0.2) is 5.17 Å². The van der Waals surface area contributed by atoms with Gasteiger partial charge in [-0.15, -0.1) is 0 Å². The van der Waals surface area contributed by atoms with E-state index in [-0.39, 0.29) is 24.3 Å². The van der Waals surface area contributed by atoms with Crippen LogP contribution in [0.15, 0.2) is 51.6 Å². The number of benzene rings is 1. The zero-order valence-corrected chi connectivity index (χ0v) is 20.3. The summed E-state index contributed by atoms with van der Waals surface area (Å²) < 4.78 is 5.19. The van der Waals surface area contributed by atoms with Crippen molar-refractivity contribution in [3.05, 3.63) is 57.8 Å². The lowest BCUT2D eigenvalue weighted by molar-refractivity contribution is -0.136. The number of carbonyl (C=O) groups excluding carboxylic acids is 2. The van der Waals surface area contributed by atoms with Crippen LogP contribution in [0.3, 0.4) is 0 Å². The van der Waals surface area contributed by atoms with Crippen molar-refractivity contribution in [3.63, 3.8) is 0 Å². The van der Waals surface area contributed by atoms with E-state index >= 15 is 0 Å². The Kier molecular flexibility index (Phi) is 6.08. The van der Waals surface area contributed by atoms with Crippen LogP contribution >= 0.6 is 11.8 Å². The molecule has 4 atom stereocenters. The highest BCUT2D eigenvalue weighted by atomic mass is 32.2. The van der Waals surface area contributed by atoms with Crippen LogP contribution in [0.5, 0.6) is 0 Å². The lowest BCUT2D eigenvalue weighted by Gasteiger charge is -2.36. The van der Waals surface area contributed by atoms with Gasteiger partial charge in [-0.1, -0.05) is 54.9 Å². The average molecular weight is 466 g/mol. The molecule has 0 spiro atoms. The summed E-state index contributed by atoms with van der Waals surface area (Å²) in [7, 11) is 1.41. The van der Waals surface area contributed by atoms with Crippen LogP contribution in [0, 0.1) is 18.8 Å². The zero-order valence-electron chi connectivity index (χ0n) is 19.5. The number of nitrogens with zero attached hydrogens (tertiary/aromatic N) is 2. The minimum Gasteiger partial charge on any atom is -0.466 e. The highest BCUT2D eigenvalue weighted by molar-refractivity contribution is 8.16. The number of hydrogen-bond acceptors (Lipinski definition) is 6. The minimum absolute atomic E-state index is 0.0496. The Morgan fingerprint density at radius 1 is 1.27 bits per heavy atom. The van der Waals surface area contributed by atoms with E-state index in [4.69, 9.17) is 9.73 Å². The monoisotopic (exact) mass is 465 g/mol. The van der Waals surface area contributed by atoms with Gasteiger partial charge in [0.05, 0.1) is 30.8 Å². The summed E-state index contributed by atoms with van der Waals surface area (Å²) in [5.74, 6) is 1.10. The molecule has 33 heavy (non-hydrogen) atoms. The first-order chi connectivity index (χ1) is 16.0. The van der Waals surface area contributed by atoms with E-state index in [1.165, 1.54) is 38.1 Å². The van der Waals surface area contributed by atoms with E-state index in [1.807, 2.05) is 37.5 Å². The number of thioether (sulfide) groups is 1. The SMILES string of the molecule is CCC1=C(C(=O)OC)C(c2cccc(C)c2)N2C(CC(=O)NC3CC4CCC3C4)=CSC2=N1. The molecule has 1 amide bonds. The summed E-state index contributed by atoms with van der Waals surface area (Å²) in [5, 5.41) is 6.13. The second kappa shape index (κ2) is 9.01. The number of fused-ring (bicyclic) bond motifs is 3. The van der Waals surface area contributed by atoms with Crippen molar-refractivity contribution in [1.29, 1.82) is 0 Å². The molecule has 2 heterocycles. The van der Waals surface area contributed by atoms with Gasteiger partial charge in [-0.25, -0.2) is 9.79 Å². The van der Waals surface area contributed by atoms with Crippen LogP contribution in [0.2, 0.25) is 0 Å². The van der Waals surface area contributed by atoms with Gasteiger partial charge in [-0.3, -0.25) is 4.79 Å². The van der Waals surface area contributed by atoms with E-state index in [9.17, 15) is 9.59 Å². The predicted molar refractivity (Wildman–Crippen MR) is 130 cm³/mol. The van der Waals surface area contributed by atoms with Crippen LogP contribution in [0.1, 0.15) is 62.6 Å². The molecule has 4 unspecified atom stereocenters. The third-order valence-electron chi connectivity index (χ3n) is 7.41. The van der Waals surface area contributed by atoms with Crippen molar-refractivity contribution in [2.24, 2.45) is 16.8 Å². The van der Waals surface area contributed by atoms with Crippen LogP contribution in [-0.2, 0) is 14.3 Å². The number of nitrogens with one attached hydrogen (secondary N) is 1. The Bertz CT molecular complexity index is 1080. The molecule has 1 aromatic carbocycles. The lowest BCUT2D eigenvalue weighted by Crippen LogP contribution is -2.41. The maximum absolute atomic E-state index is 13.1. The lowest BCUT2D eigenvalue weighted by atomic mass is 9.92. The topological polar surface area (TPSA) is 71.0 Å². The van der Waals surface area contributed by atoms with Gasteiger partial charge >= 0.3 is 5.97 Å². The number of allylic oxidation sites excluding steroid dienone is 1. The third-order valence-corrected chi connectivity index (χ3v) is 8.30. The molecule has 7 heteroatoms. The van der Waals surface area contributed by atoms with Gasteiger partial charge in [-0.2, -0.15) is 0 Å². The molecule has 2 bridgehead atoms. The number of amidine groups is 1. The quantitative estimate of drug-likeness (QED) is 0.610. The number of ether oxygens (including phenoxy) is 1. The summed E-state index contributed by atoms with van der Waals surface area (Å²) in [6.45, 7) is 4.05.